The Hall–Kier alpha value is -4.41. The average molecular weight is 660 g/mol. The number of rotatable bonds is 7. The van der Waals surface area contributed by atoms with Gasteiger partial charge in [0.25, 0.3) is 5.91 Å². The van der Waals surface area contributed by atoms with Gasteiger partial charge in [0.1, 0.15) is 11.6 Å². The predicted octanol–water partition coefficient (Wildman–Crippen LogP) is 6.05. The maximum absolute atomic E-state index is 15.8. The van der Waals surface area contributed by atoms with E-state index in [4.69, 9.17) is 16.3 Å². The van der Waals surface area contributed by atoms with Gasteiger partial charge in [-0.2, -0.15) is 0 Å². The number of nitrogens with zero attached hydrogens (tertiary/aromatic N) is 3. The van der Waals surface area contributed by atoms with Crippen LogP contribution in [-0.2, 0) is 16.1 Å². The van der Waals surface area contributed by atoms with Crippen molar-refractivity contribution < 1.29 is 23.5 Å². The summed E-state index contributed by atoms with van der Waals surface area (Å²) in [4.78, 5) is 42.7. The second-order valence-electron chi connectivity index (χ2n) is 12.7. The van der Waals surface area contributed by atoms with Crippen LogP contribution in [-0.4, -0.2) is 79.9 Å². The minimum atomic E-state index is -0.379. The zero-order valence-electron chi connectivity index (χ0n) is 27.1. The number of hydrogen-bond donors (Lipinski definition) is 2. The summed E-state index contributed by atoms with van der Waals surface area (Å²) in [7, 11) is 4.80. The highest BCUT2D eigenvalue weighted by Gasteiger charge is 2.44. The minimum absolute atomic E-state index is 0.146. The molecular formula is C36H39ClFN5O4. The van der Waals surface area contributed by atoms with E-state index in [0.29, 0.717) is 45.3 Å². The lowest BCUT2D eigenvalue weighted by Crippen LogP contribution is -2.43. The van der Waals surface area contributed by atoms with Crippen molar-refractivity contribution in [3.8, 4) is 28.0 Å². The van der Waals surface area contributed by atoms with Crippen LogP contribution in [0.3, 0.4) is 0 Å². The Kier molecular flexibility index (Phi) is 9.00. The summed E-state index contributed by atoms with van der Waals surface area (Å²) >= 11 is 7.05. The molecule has 4 amide bonds. The van der Waals surface area contributed by atoms with E-state index in [0.717, 1.165) is 55.6 Å². The van der Waals surface area contributed by atoms with Gasteiger partial charge in [0.05, 0.1) is 29.7 Å². The smallest absolute Gasteiger partial charge is 0.323 e. The molecule has 3 aromatic carbocycles. The van der Waals surface area contributed by atoms with Crippen LogP contribution in [0.25, 0.3) is 22.3 Å². The van der Waals surface area contributed by atoms with E-state index >= 15 is 4.39 Å². The third-order valence-electron chi connectivity index (χ3n) is 9.80. The third-order valence-corrected chi connectivity index (χ3v) is 10.2. The molecule has 2 fully saturated rings. The standard InChI is InChI=1S/C36H39ClFN5O4/c1-22-25(7-6-10-30(22)40-33(44)24-19-41(2)35(46)42(3)20-24)27-9-5-8-26(32(27)37)23-17-29(38)28(31(18-23)47-4)21-43-15-12-36(13-16-43)11-14-39-34(36)45/h5-10,17-19H,11-16,20-21H2,1-4H3,(H,39,45)(H,40,44). The Morgan fingerprint density at radius 2 is 1.74 bits per heavy atom. The Labute approximate surface area is 279 Å². The quantitative estimate of drug-likeness (QED) is 0.322. The number of carbonyl (C=O) groups excluding carboxylic acids is 3. The largest absolute Gasteiger partial charge is 0.496 e. The zero-order valence-corrected chi connectivity index (χ0v) is 27.8. The van der Waals surface area contributed by atoms with Crippen molar-refractivity contribution >= 4 is 35.1 Å². The first-order valence-corrected chi connectivity index (χ1v) is 16.1. The van der Waals surface area contributed by atoms with Crippen LogP contribution in [0.4, 0.5) is 14.9 Å². The molecule has 0 aliphatic carbocycles. The number of carbonyl (C=O) groups is 3. The summed E-state index contributed by atoms with van der Waals surface area (Å²) in [6.07, 6.45) is 3.94. The molecular weight excluding hydrogens is 621 g/mol. The summed E-state index contributed by atoms with van der Waals surface area (Å²) in [6.45, 7) is 4.67. The molecule has 2 N–H and O–H groups in total. The number of likely N-dealkylation sites (tertiary alicyclic amines) is 1. The first-order chi connectivity index (χ1) is 22.5. The minimum Gasteiger partial charge on any atom is -0.496 e. The molecule has 1 spiro atoms. The zero-order chi connectivity index (χ0) is 33.5. The monoisotopic (exact) mass is 659 g/mol. The Morgan fingerprint density at radius 3 is 2.43 bits per heavy atom. The van der Waals surface area contributed by atoms with Gasteiger partial charge in [0, 0.05) is 55.8 Å². The van der Waals surface area contributed by atoms with Gasteiger partial charge in [-0.05, 0) is 74.2 Å². The molecule has 2 saturated heterocycles. The topological polar surface area (TPSA) is 94.2 Å². The van der Waals surface area contributed by atoms with E-state index in [2.05, 4.69) is 15.5 Å². The molecule has 9 nitrogen and oxygen atoms in total. The lowest BCUT2D eigenvalue weighted by Gasteiger charge is -2.37. The molecule has 0 radical (unpaired) electrons. The summed E-state index contributed by atoms with van der Waals surface area (Å²) in [5.74, 6) is -0.0909. The van der Waals surface area contributed by atoms with Crippen molar-refractivity contribution in [1.29, 1.82) is 0 Å². The van der Waals surface area contributed by atoms with Crippen LogP contribution in [0.15, 0.2) is 60.3 Å². The fraction of sp³-hybridized carbons (Fsp3) is 0.361. The SMILES string of the molecule is COc1cc(-c2cccc(-c3cccc(NC(=O)C4=CN(C)C(=O)N(C)C4)c3C)c2Cl)cc(F)c1CN1CCC2(CCNC2=O)CC1. The van der Waals surface area contributed by atoms with Gasteiger partial charge < -0.3 is 25.2 Å². The molecule has 0 saturated carbocycles. The molecule has 11 heteroatoms. The highest BCUT2D eigenvalue weighted by Crippen LogP contribution is 2.42. The van der Waals surface area contributed by atoms with E-state index in [1.165, 1.54) is 23.0 Å². The van der Waals surface area contributed by atoms with Gasteiger partial charge >= 0.3 is 6.03 Å². The predicted molar refractivity (Wildman–Crippen MR) is 181 cm³/mol. The number of ether oxygens (including phenoxy) is 1. The van der Waals surface area contributed by atoms with E-state index in [9.17, 15) is 14.4 Å². The van der Waals surface area contributed by atoms with Crippen molar-refractivity contribution in [3.05, 3.63) is 82.3 Å². The van der Waals surface area contributed by atoms with Crippen molar-refractivity contribution in [1.82, 2.24) is 20.0 Å². The van der Waals surface area contributed by atoms with Crippen molar-refractivity contribution in [2.75, 3.05) is 52.7 Å². The van der Waals surface area contributed by atoms with Crippen molar-refractivity contribution in [2.45, 2.75) is 32.7 Å². The van der Waals surface area contributed by atoms with E-state index in [-0.39, 0.29) is 35.6 Å². The van der Waals surface area contributed by atoms with Crippen LogP contribution in [0.1, 0.15) is 30.4 Å². The first kappa shape index (κ1) is 32.5. The van der Waals surface area contributed by atoms with Gasteiger partial charge in [-0.25, -0.2) is 9.18 Å². The number of halogens is 2. The Bertz CT molecular complexity index is 1790. The molecule has 47 heavy (non-hydrogen) atoms. The molecule has 3 heterocycles. The molecule has 0 aromatic heterocycles. The van der Waals surface area contributed by atoms with Crippen LogP contribution in [0.2, 0.25) is 5.02 Å². The Morgan fingerprint density at radius 1 is 1.04 bits per heavy atom. The fourth-order valence-corrected chi connectivity index (χ4v) is 7.28. The average Bonchev–Trinajstić information content (AvgIpc) is 3.41. The normalized spacial score (nSPS) is 18.0. The number of piperidine rings is 1. The summed E-state index contributed by atoms with van der Waals surface area (Å²) in [5.41, 5.74) is 4.88. The highest BCUT2D eigenvalue weighted by atomic mass is 35.5. The number of hydrogen-bond acceptors (Lipinski definition) is 5. The van der Waals surface area contributed by atoms with Crippen LogP contribution in [0.5, 0.6) is 5.75 Å². The molecule has 6 rings (SSSR count). The summed E-state index contributed by atoms with van der Waals surface area (Å²) < 4.78 is 21.5. The molecule has 3 aliphatic rings. The lowest BCUT2D eigenvalue weighted by atomic mass is 9.77. The molecule has 0 unspecified atom stereocenters. The molecule has 0 bridgehead atoms. The van der Waals surface area contributed by atoms with Gasteiger partial charge in [-0.15, -0.1) is 0 Å². The lowest BCUT2D eigenvalue weighted by molar-refractivity contribution is -0.130. The summed E-state index contributed by atoms with van der Waals surface area (Å²) in [5, 5.41) is 6.39. The van der Waals surface area contributed by atoms with Gasteiger partial charge in [0.15, 0.2) is 0 Å². The fourth-order valence-electron chi connectivity index (χ4n) is 6.94. The van der Waals surface area contributed by atoms with Crippen LogP contribution in [0, 0.1) is 18.2 Å². The highest BCUT2D eigenvalue weighted by molar-refractivity contribution is 6.36. The van der Waals surface area contributed by atoms with Gasteiger partial charge in [-0.3, -0.25) is 14.5 Å². The number of anilines is 1. The van der Waals surface area contributed by atoms with Gasteiger partial charge in [-0.1, -0.05) is 41.9 Å². The third kappa shape index (κ3) is 6.19. The number of amides is 4. The molecule has 0 atom stereocenters. The van der Waals surface area contributed by atoms with E-state index in [1.807, 2.05) is 49.4 Å². The molecule has 3 aliphatic heterocycles. The maximum Gasteiger partial charge on any atom is 0.323 e. The van der Waals surface area contributed by atoms with Crippen LogP contribution < -0.4 is 15.4 Å². The number of methoxy groups -OCH3 is 1. The van der Waals surface area contributed by atoms with Gasteiger partial charge in [0.2, 0.25) is 5.91 Å². The maximum atomic E-state index is 15.8. The van der Waals surface area contributed by atoms with Crippen molar-refractivity contribution in [3.63, 3.8) is 0 Å². The molecule has 3 aromatic rings. The second-order valence-corrected chi connectivity index (χ2v) is 13.1. The summed E-state index contributed by atoms with van der Waals surface area (Å²) in [6, 6.07) is 14.3. The first-order valence-electron chi connectivity index (χ1n) is 15.8. The Balaban J connectivity index is 1.24. The van der Waals surface area contributed by atoms with E-state index < -0.39 is 0 Å². The van der Waals surface area contributed by atoms with E-state index in [1.54, 1.807) is 20.3 Å². The second kappa shape index (κ2) is 13.0. The van der Waals surface area contributed by atoms with Crippen LogP contribution >= 0.6 is 11.6 Å². The number of nitrogens with one attached hydrogen (secondary N) is 2. The molecule has 246 valence electrons. The number of benzene rings is 3. The number of urea groups is 1. The number of likely N-dealkylation sites (N-methyl/N-ethyl adjacent to an activating group) is 1. The van der Waals surface area contributed by atoms with Crippen molar-refractivity contribution in [2.24, 2.45) is 5.41 Å².